The minimum absolute atomic E-state index is 0.00537. The second-order valence-electron chi connectivity index (χ2n) is 8.16. The molecule has 1 aliphatic heterocycles. The molecule has 0 aliphatic carbocycles. The number of aryl methyl sites for hydroxylation is 1. The summed E-state index contributed by atoms with van der Waals surface area (Å²) in [6.45, 7) is 3.37. The average molecular weight is 429 g/mol. The van der Waals surface area contributed by atoms with Crippen LogP contribution in [0.1, 0.15) is 18.7 Å². The molecule has 1 N–H and O–H groups in total. The molecule has 3 heterocycles. The van der Waals surface area contributed by atoms with Crippen LogP contribution in [0.3, 0.4) is 0 Å². The normalized spacial score (nSPS) is 16.3. The summed E-state index contributed by atoms with van der Waals surface area (Å²) in [4.78, 5) is 23.8. The van der Waals surface area contributed by atoms with Gasteiger partial charge in [-0.15, -0.1) is 0 Å². The molecule has 2 aromatic heterocycles. The summed E-state index contributed by atoms with van der Waals surface area (Å²) in [5.41, 5.74) is 3.44. The molecule has 1 atom stereocenters. The number of nitrogens with one attached hydrogen (secondary N) is 1. The maximum absolute atomic E-state index is 13.9. The van der Waals surface area contributed by atoms with Gasteiger partial charge in [0.05, 0.1) is 11.4 Å². The van der Waals surface area contributed by atoms with Crippen molar-refractivity contribution in [3.05, 3.63) is 78.8 Å². The number of halogens is 1. The maximum atomic E-state index is 13.9. The summed E-state index contributed by atoms with van der Waals surface area (Å²) in [6.07, 6.45) is 7.14. The van der Waals surface area contributed by atoms with Crippen LogP contribution in [0.15, 0.2) is 67.1 Å². The van der Waals surface area contributed by atoms with E-state index in [1.165, 1.54) is 12.1 Å². The lowest BCUT2D eigenvalue weighted by Gasteiger charge is -2.34. The predicted octanol–water partition coefficient (Wildman–Crippen LogP) is 4.72. The average Bonchev–Trinajstić information content (AvgIpc) is 3.25. The molecule has 0 radical (unpaired) electrons. The Morgan fingerprint density at radius 3 is 2.72 bits per heavy atom. The molecule has 2 aromatic carbocycles. The Kier molecular flexibility index (Phi) is 5.31. The summed E-state index contributed by atoms with van der Waals surface area (Å²) in [5, 5.41) is 3.83. The van der Waals surface area contributed by atoms with Gasteiger partial charge in [0, 0.05) is 54.1 Å². The van der Waals surface area contributed by atoms with Crippen molar-refractivity contribution in [2.24, 2.45) is 5.92 Å². The van der Waals surface area contributed by atoms with Gasteiger partial charge in [0.15, 0.2) is 0 Å². The van der Waals surface area contributed by atoms with E-state index in [2.05, 4.69) is 20.2 Å². The number of aromatic nitrogens is 3. The van der Waals surface area contributed by atoms with Crippen molar-refractivity contribution in [2.75, 3.05) is 23.3 Å². The topological polar surface area (TPSA) is 63.1 Å². The first-order chi connectivity index (χ1) is 15.6. The summed E-state index contributed by atoms with van der Waals surface area (Å²) in [7, 11) is 0. The van der Waals surface area contributed by atoms with Gasteiger partial charge >= 0.3 is 0 Å². The van der Waals surface area contributed by atoms with Gasteiger partial charge in [-0.2, -0.15) is 0 Å². The molecular weight excluding hydrogens is 405 g/mol. The fourth-order valence-corrected chi connectivity index (χ4v) is 4.39. The number of rotatable bonds is 4. The molecule has 1 aliphatic rings. The van der Waals surface area contributed by atoms with Crippen molar-refractivity contribution in [1.29, 1.82) is 0 Å². The number of fused-ring (bicyclic) bond motifs is 1. The van der Waals surface area contributed by atoms with Gasteiger partial charge in [-0.1, -0.05) is 0 Å². The Morgan fingerprint density at radius 1 is 1.09 bits per heavy atom. The molecular formula is C25H24FN5O. The molecule has 1 unspecified atom stereocenters. The van der Waals surface area contributed by atoms with Crippen LogP contribution >= 0.6 is 0 Å². The second kappa shape index (κ2) is 8.42. The molecule has 32 heavy (non-hydrogen) atoms. The van der Waals surface area contributed by atoms with Crippen molar-refractivity contribution >= 4 is 28.2 Å². The molecule has 5 rings (SSSR count). The highest BCUT2D eigenvalue weighted by Crippen LogP contribution is 2.30. The summed E-state index contributed by atoms with van der Waals surface area (Å²) >= 11 is 0. The van der Waals surface area contributed by atoms with E-state index in [4.69, 9.17) is 0 Å². The Balaban J connectivity index is 1.30. The first-order valence-electron chi connectivity index (χ1n) is 10.8. The number of amides is 1. The van der Waals surface area contributed by atoms with Crippen LogP contribution < -0.4 is 10.2 Å². The summed E-state index contributed by atoms with van der Waals surface area (Å²) in [6, 6.07) is 14.3. The number of piperidine rings is 1. The van der Waals surface area contributed by atoms with E-state index in [9.17, 15) is 9.18 Å². The Hall–Kier alpha value is -3.74. The van der Waals surface area contributed by atoms with Crippen molar-refractivity contribution < 1.29 is 9.18 Å². The van der Waals surface area contributed by atoms with Gasteiger partial charge in [0.2, 0.25) is 5.91 Å². The van der Waals surface area contributed by atoms with E-state index in [1.54, 1.807) is 18.5 Å². The number of imidazole rings is 1. The molecule has 0 spiro atoms. The molecule has 7 heteroatoms. The third kappa shape index (κ3) is 3.93. The van der Waals surface area contributed by atoms with E-state index in [0.29, 0.717) is 6.54 Å². The quantitative estimate of drug-likeness (QED) is 0.510. The Bertz CT molecular complexity index is 1270. The van der Waals surface area contributed by atoms with Crippen molar-refractivity contribution in [2.45, 2.75) is 19.8 Å². The lowest BCUT2D eigenvalue weighted by Crippen LogP contribution is -2.40. The molecule has 6 nitrogen and oxygen atoms in total. The Labute approximate surface area is 185 Å². The second-order valence-corrected chi connectivity index (χ2v) is 8.16. The zero-order valence-corrected chi connectivity index (χ0v) is 17.8. The van der Waals surface area contributed by atoms with Crippen molar-refractivity contribution in [3.63, 3.8) is 0 Å². The van der Waals surface area contributed by atoms with Gasteiger partial charge in [0.1, 0.15) is 11.6 Å². The lowest BCUT2D eigenvalue weighted by atomic mass is 9.96. The van der Waals surface area contributed by atoms with Gasteiger partial charge < -0.3 is 14.8 Å². The molecule has 0 saturated carbocycles. The molecule has 1 fully saturated rings. The number of anilines is 2. The van der Waals surface area contributed by atoms with E-state index in [0.717, 1.165) is 53.2 Å². The van der Waals surface area contributed by atoms with Crippen LogP contribution in [0.25, 0.3) is 16.6 Å². The van der Waals surface area contributed by atoms with Crippen molar-refractivity contribution in [1.82, 2.24) is 14.5 Å². The SMILES string of the molecule is Cc1nccn1-c1ccc(NC(=O)C2CCCN(c3ccnc4ccc(F)cc34)C2)cc1. The van der Waals surface area contributed by atoms with Crippen LogP contribution in [-0.4, -0.2) is 33.5 Å². The maximum Gasteiger partial charge on any atom is 0.229 e. The number of pyridine rings is 1. The third-order valence-corrected chi connectivity index (χ3v) is 6.05. The number of nitrogens with zero attached hydrogens (tertiary/aromatic N) is 4. The largest absolute Gasteiger partial charge is 0.370 e. The first kappa shape index (κ1) is 20.2. The highest BCUT2D eigenvalue weighted by molar-refractivity contribution is 5.94. The summed E-state index contributed by atoms with van der Waals surface area (Å²) in [5.74, 6) is 0.488. The van der Waals surface area contributed by atoms with Crippen molar-refractivity contribution in [3.8, 4) is 5.69 Å². The Morgan fingerprint density at radius 2 is 1.94 bits per heavy atom. The smallest absolute Gasteiger partial charge is 0.229 e. The minimum Gasteiger partial charge on any atom is -0.370 e. The van der Waals surface area contributed by atoms with E-state index < -0.39 is 0 Å². The predicted molar refractivity (Wildman–Crippen MR) is 124 cm³/mol. The van der Waals surface area contributed by atoms with Gasteiger partial charge in [-0.25, -0.2) is 9.37 Å². The molecule has 4 aromatic rings. The highest BCUT2D eigenvalue weighted by atomic mass is 19.1. The number of hydrogen-bond donors (Lipinski definition) is 1. The molecule has 0 bridgehead atoms. The molecule has 1 saturated heterocycles. The number of carbonyl (C=O) groups is 1. The van der Waals surface area contributed by atoms with E-state index >= 15 is 0 Å². The van der Waals surface area contributed by atoms with E-state index in [1.807, 2.05) is 48.0 Å². The van der Waals surface area contributed by atoms with Crippen LogP contribution in [0.2, 0.25) is 0 Å². The van der Waals surface area contributed by atoms with Gasteiger partial charge in [0.25, 0.3) is 0 Å². The third-order valence-electron chi connectivity index (χ3n) is 6.05. The van der Waals surface area contributed by atoms with Crippen LogP contribution in [-0.2, 0) is 4.79 Å². The number of hydrogen-bond acceptors (Lipinski definition) is 4. The molecule has 1 amide bonds. The monoisotopic (exact) mass is 429 g/mol. The highest BCUT2D eigenvalue weighted by Gasteiger charge is 2.27. The summed E-state index contributed by atoms with van der Waals surface area (Å²) < 4.78 is 15.8. The standard InChI is InChI=1S/C25H24FN5O/c1-17-27-12-14-31(17)21-7-5-20(6-8-21)29-25(32)18-3-2-13-30(16-18)24-10-11-28-23-9-4-19(26)15-22(23)24/h4-12,14-15,18H,2-3,13,16H2,1H3,(H,29,32). The fourth-order valence-electron chi connectivity index (χ4n) is 4.39. The fraction of sp³-hybridized carbons (Fsp3) is 0.240. The molecule has 162 valence electrons. The van der Waals surface area contributed by atoms with E-state index in [-0.39, 0.29) is 17.6 Å². The number of benzene rings is 2. The van der Waals surface area contributed by atoms with Crippen LogP contribution in [0, 0.1) is 18.7 Å². The zero-order valence-electron chi connectivity index (χ0n) is 17.8. The van der Waals surface area contributed by atoms with Crippen LogP contribution in [0.4, 0.5) is 15.8 Å². The first-order valence-corrected chi connectivity index (χ1v) is 10.8. The lowest BCUT2D eigenvalue weighted by molar-refractivity contribution is -0.120. The minimum atomic E-state index is -0.285. The van der Waals surface area contributed by atoms with Crippen LogP contribution in [0.5, 0.6) is 0 Å². The number of carbonyl (C=O) groups excluding carboxylic acids is 1. The zero-order chi connectivity index (χ0) is 22.1. The van der Waals surface area contributed by atoms with Gasteiger partial charge in [-0.05, 0) is 68.3 Å². The van der Waals surface area contributed by atoms with Gasteiger partial charge in [-0.3, -0.25) is 9.78 Å².